The molecule has 1 aliphatic carbocycles. The van der Waals surface area contributed by atoms with Gasteiger partial charge in [0.05, 0.1) is 17.8 Å². The molecular formula is C27H26Cl2N2O. The molecule has 1 saturated heterocycles. The van der Waals surface area contributed by atoms with Gasteiger partial charge in [0.1, 0.15) is 0 Å². The van der Waals surface area contributed by atoms with E-state index in [4.69, 9.17) is 28.2 Å². The van der Waals surface area contributed by atoms with Crippen molar-refractivity contribution in [3.05, 3.63) is 99.8 Å². The second kappa shape index (κ2) is 8.88. The summed E-state index contributed by atoms with van der Waals surface area (Å²) >= 11 is 12.6. The van der Waals surface area contributed by atoms with Gasteiger partial charge in [0.2, 0.25) is 5.91 Å². The largest absolute Gasteiger partial charge is 0.326 e. The molecule has 0 spiro atoms. The molecule has 1 saturated carbocycles. The number of nitrogens with zero attached hydrogens (tertiary/aromatic N) is 2. The number of piperidine rings is 1. The first-order valence-corrected chi connectivity index (χ1v) is 12.0. The van der Waals surface area contributed by atoms with Gasteiger partial charge in [-0.05, 0) is 72.7 Å². The standard InChI is InChI=1S/C27H26Cl2N2O/c1-17-15-23(20-5-4-6-22(29)16-20)25(18-10-12-21(28)13-11-18)31(27(17)32)26(19-8-9-19)24-7-2-3-14-30-24/h2-7,10-14,16-17,19,23,25-26H,8-9,15H2,1H3/t17?,23-,25-,26?/m1/s1. The molecule has 1 aliphatic heterocycles. The van der Waals surface area contributed by atoms with E-state index in [1.807, 2.05) is 55.6 Å². The second-order valence-corrected chi connectivity index (χ2v) is 9.95. The van der Waals surface area contributed by atoms with Gasteiger partial charge in [-0.3, -0.25) is 9.78 Å². The number of halogens is 2. The maximum atomic E-state index is 13.8. The predicted molar refractivity (Wildman–Crippen MR) is 129 cm³/mol. The van der Waals surface area contributed by atoms with Crippen molar-refractivity contribution in [2.24, 2.45) is 11.8 Å². The number of hydrogen-bond donors (Lipinski definition) is 0. The lowest BCUT2D eigenvalue weighted by atomic mass is 9.75. The van der Waals surface area contributed by atoms with Crippen molar-refractivity contribution in [2.75, 3.05) is 0 Å². The maximum absolute atomic E-state index is 13.8. The third-order valence-corrected chi connectivity index (χ3v) is 7.30. The first-order valence-electron chi connectivity index (χ1n) is 11.3. The fourth-order valence-electron chi connectivity index (χ4n) is 5.19. The average Bonchev–Trinajstić information content (AvgIpc) is 3.63. The summed E-state index contributed by atoms with van der Waals surface area (Å²) in [4.78, 5) is 20.6. The molecule has 2 fully saturated rings. The first kappa shape index (κ1) is 21.5. The van der Waals surface area contributed by atoms with Crippen LogP contribution in [0.15, 0.2) is 72.9 Å². The highest BCUT2D eigenvalue weighted by Gasteiger charge is 2.49. The highest BCUT2D eigenvalue weighted by Crippen LogP contribution is 2.53. The number of benzene rings is 2. The van der Waals surface area contributed by atoms with Gasteiger partial charge in [-0.15, -0.1) is 0 Å². The smallest absolute Gasteiger partial charge is 0.226 e. The summed E-state index contributed by atoms with van der Waals surface area (Å²) in [5.74, 6) is 0.694. The molecule has 2 aromatic carbocycles. The van der Waals surface area contributed by atoms with E-state index in [1.165, 1.54) is 0 Å². The van der Waals surface area contributed by atoms with Gasteiger partial charge in [0.25, 0.3) is 0 Å². The number of carbonyl (C=O) groups excluding carboxylic acids is 1. The Balaban J connectivity index is 1.67. The van der Waals surface area contributed by atoms with Crippen LogP contribution in [0.4, 0.5) is 0 Å². The topological polar surface area (TPSA) is 33.2 Å². The highest BCUT2D eigenvalue weighted by molar-refractivity contribution is 6.30. The molecule has 0 N–H and O–H groups in total. The van der Waals surface area contributed by atoms with Crippen LogP contribution in [0.2, 0.25) is 10.0 Å². The van der Waals surface area contributed by atoms with Crippen molar-refractivity contribution in [3.63, 3.8) is 0 Å². The maximum Gasteiger partial charge on any atom is 0.226 e. The molecular weight excluding hydrogens is 439 g/mol. The fraction of sp³-hybridized carbons (Fsp3) is 0.333. The minimum atomic E-state index is -0.109. The van der Waals surface area contributed by atoms with E-state index in [9.17, 15) is 4.79 Å². The van der Waals surface area contributed by atoms with Gasteiger partial charge in [-0.1, -0.05) is 60.5 Å². The van der Waals surface area contributed by atoms with Crippen molar-refractivity contribution in [1.82, 2.24) is 9.88 Å². The van der Waals surface area contributed by atoms with Crippen LogP contribution < -0.4 is 0 Å². The summed E-state index contributed by atoms with van der Waals surface area (Å²) in [6.07, 6.45) is 4.85. The van der Waals surface area contributed by atoms with E-state index in [-0.39, 0.29) is 29.8 Å². The number of aromatic nitrogens is 1. The van der Waals surface area contributed by atoms with Gasteiger partial charge in [-0.25, -0.2) is 0 Å². The minimum Gasteiger partial charge on any atom is -0.326 e. The molecule has 3 aromatic rings. The minimum absolute atomic E-state index is 0.0335. The fourth-order valence-corrected chi connectivity index (χ4v) is 5.51. The quantitative estimate of drug-likeness (QED) is 0.398. The first-order chi connectivity index (χ1) is 15.5. The number of carbonyl (C=O) groups is 1. The molecule has 0 bridgehead atoms. The monoisotopic (exact) mass is 464 g/mol. The molecule has 3 nitrogen and oxygen atoms in total. The van der Waals surface area contributed by atoms with Crippen molar-refractivity contribution in [2.45, 2.75) is 44.2 Å². The molecule has 4 atom stereocenters. The van der Waals surface area contributed by atoms with Crippen LogP contribution in [0.1, 0.15) is 61.0 Å². The predicted octanol–water partition coefficient (Wildman–Crippen LogP) is 7.23. The van der Waals surface area contributed by atoms with Crippen LogP contribution in [0.3, 0.4) is 0 Å². The Hall–Kier alpha value is -2.36. The Labute approximate surface area is 199 Å². The third-order valence-electron chi connectivity index (χ3n) is 6.81. The van der Waals surface area contributed by atoms with E-state index in [0.29, 0.717) is 10.9 Å². The van der Waals surface area contributed by atoms with Crippen molar-refractivity contribution < 1.29 is 4.79 Å². The van der Waals surface area contributed by atoms with E-state index < -0.39 is 0 Å². The molecule has 32 heavy (non-hydrogen) atoms. The number of pyridine rings is 1. The van der Waals surface area contributed by atoms with Crippen molar-refractivity contribution in [3.8, 4) is 0 Å². The number of rotatable bonds is 5. The Bertz CT molecular complexity index is 1100. The lowest BCUT2D eigenvalue weighted by molar-refractivity contribution is -0.147. The Morgan fingerprint density at radius 3 is 2.38 bits per heavy atom. The van der Waals surface area contributed by atoms with Crippen LogP contribution in [-0.2, 0) is 4.79 Å². The Kier molecular flexibility index (Phi) is 5.96. The molecule has 1 amide bonds. The van der Waals surface area contributed by atoms with Crippen molar-refractivity contribution >= 4 is 29.1 Å². The van der Waals surface area contributed by atoms with E-state index in [2.05, 4.69) is 29.2 Å². The van der Waals surface area contributed by atoms with Crippen LogP contribution >= 0.6 is 23.2 Å². The zero-order chi connectivity index (χ0) is 22.2. The molecule has 164 valence electrons. The summed E-state index contributed by atoms with van der Waals surface area (Å²) in [7, 11) is 0. The van der Waals surface area contributed by atoms with Gasteiger partial charge < -0.3 is 4.90 Å². The zero-order valence-electron chi connectivity index (χ0n) is 18.0. The van der Waals surface area contributed by atoms with E-state index >= 15 is 0 Å². The normalized spacial score (nSPS) is 24.4. The highest BCUT2D eigenvalue weighted by atomic mass is 35.5. The molecule has 2 aliphatic rings. The van der Waals surface area contributed by atoms with E-state index in [0.717, 1.165) is 41.1 Å². The number of amides is 1. The molecule has 5 rings (SSSR count). The average molecular weight is 465 g/mol. The molecule has 0 radical (unpaired) electrons. The SMILES string of the molecule is CC1C[C@H](c2cccc(Cl)c2)[C@@H](c2ccc(Cl)cc2)N(C(c2ccccn2)C2CC2)C1=O. The summed E-state index contributed by atoms with van der Waals surface area (Å²) in [6.45, 7) is 2.05. The Morgan fingerprint density at radius 2 is 1.72 bits per heavy atom. The molecule has 2 heterocycles. The lowest BCUT2D eigenvalue weighted by Gasteiger charge is -2.48. The van der Waals surface area contributed by atoms with Crippen LogP contribution in [0.25, 0.3) is 0 Å². The number of likely N-dealkylation sites (tertiary alicyclic amines) is 1. The van der Waals surface area contributed by atoms with E-state index in [1.54, 1.807) is 0 Å². The van der Waals surface area contributed by atoms with Crippen LogP contribution in [0.5, 0.6) is 0 Å². The van der Waals surface area contributed by atoms with Gasteiger partial charge in [0, 0.05) is 28.1 Å². The molecule has 5 heteroatoms. The molecule has 1 aromatic heterocycles. The van der Waals surface area contributed by atoms with Crippen LogP contribution in [0, 0.1) is 11.8 Å². The Morgan fingerprint density at radius 1 is 0.938 bits per heavy atom. The summed E-state index contributed by atoms with van der Waals surface area (Å²) in [5, 5.41) is 1.41. The van der Waals surface area contributed by atoms with Gasteiger partial charge >= 0.3 is 0 Å². The zero-order valence-corrected chi connectivity index (χ0v) is 19.5. The summed E-state index contributed by atoms with van der Waals surface area (Å²) in [6, 6.07) is 21.9. The van der Waals surface area contributed by atoms with Gasteiger partial charge in [-0.2, -0.15) is 0 Å². The molecule has 2 unspecified atom stereocenters. The summed E-state index contributed by atoms with van der Waals surface area (Å²) in [5.41, 5.74) is 3.24. The van der Waals surface area contributed by atoms with Crippen LogP contribution in [-0.4, -0.2) is 15.8 Å². The van der Waals surface area contributed by atoms with Crippen molar-refractivity contribution in [1.29, 1.82) is 0 Å². The summed E-state index contributed by atoms with van der Waals surface area (Å²) < 4.78 is 0. The lowest BCUT2D eigenvalue weighted by Crippen LogP contribution is -2.48. The van der Waals surface area contributed by atoms with Gasteiger partial charge in [0.15, 0.2) is 0 Å². The second-order valence-electron chi connectivity index (χ2n) is 9.08. The third kappa shape index (κ3) is 4.16. The number of hydrogen-bond acceptors (Lipinski definition) is 2.